The minimum absolute atomic E-state index is 0.198. The molecule has 0 aliphatic carbocycles. The molecule has 33 heavy (non-hydrogen) atoms. The van der Waals surface area contributed by atoms with E-state index in [0.717, 1.165) is 27.7 Å². The number of aryl methyl sites for hydroxylation is 1. The van der Waals surface area contributed by atoms with Crippen molar-refractivity contribution in [3.05, 3.63) is 103 Å². The molecule has 2 aromatic carbocycles. The van der Waals surface area contributed by atoms with E-state index in [0.29, 0.717) is 22.7 Å². The molecule has 1 N–H and O–H groups in total. The van der Waals surface area contributed by atoms with Gasteiger partial charge in [-0.2, -0.15) is 0 Å². The van der Waals surface area contributed by atoms with Gasteiger partial charge in [0.15, 0.2) is 0 Å². The van der Waals surface area contributed by atoms with Crippen molar-refractivity contribution in [1.82, 2.24) is 9.13 Å². The van der Waals surface area contributed by atoms with Crippen molar-refractivity contribution in [2.45, 2.75) is 26.2 Å². The van der Waals surface area contributed by atoms with Crippen molar-refractivity contribution in [3.63, 3.8) is 0 Å². The molecule has 0 amide bonds. The lowest BCUT2D eigenvalue weighted by molar-refractivity contribution is -0.138. The highest BCUT2D eigenvalue weighted by atomic mass is 16.5. The first kappa shape index (κ1) is 22.3. The summed E-state index contributed by atoms with van der Waals surface area (Å²) in [6, 6.07) is 17.2. The third kappa shape index (κ3) is 3.80. The molecule has 0 spiro atoms. The average Bonchev–Trinajstić information content (AvgIpc) is 2.85. The molecule has 0 bridgehead atoms. The van der Waals surface area contributed by atoms with Gasteiger partial charge in [-0.15, -0.1) is 0 Å². The predicted molar refractivity (Wildman–Crippen MR) is 128 cm³/mol. The number of carbonyl (C=O) groups excluding carboxylic acids is 1. The van der Waals surface area contributed by atoms with Crippen molar-refractivity contribution < 1.29 is 9.53 Å². The molecule has 4 rings (SSSR count). The molecular weight excluding hydrogens is 418 g/mol. The fourth-order valence-corrected chi connectivity index (χ4v) is 4.30. The highest BCUT2D eigenvalue weighted by Gasteiger charge is 2.38. The lowest BCUT2D eigenvalue weighted by Crippen LogP contribution is -2.43. The van der Waals surface area contributed by atoms with E-state index in [-0.39, 0.29) is 6.61 Å². The number of ether oxygens (including phenoxy) is 1. The Hall–Kier alpha value is -3.87. The van der Waals surface area contributed by atoms with E-state index >= 15 is 0 Å². The molecule has 0 radical (unpaired) electrons. The monoisotopic (exact) mass is 445 g/mol. The second-order valence-electron chi connectivity index (χ2n) is 8.00. The van der Waals surface area contributed by atoms with Crippen LogP contribution in [-0.4, -0.2) is 21.7 Å². The molecule has 1 aliphatic heterocycles. The van der Waals surface area contributed by atoms with Gasteiger partial charge in [-0.05, 0) is 30.0 Å². The Morgan fingerprint density at radius 3 is 2.24 bits per heavy atom. The number of hydrogen-bond acceptors (Lipinski definition) is 5. The zero-order valence-electron chi connectivity index (χ0n) is 19.2. The molecule has 1 unspecified atom stereocenters. The van der Waals surface area contributed by atoms with E-state index < -0.39 is 23.1 Å². The third-order valence-corrected chi connectivity index (χ3v) is 6.07. The van der Waals surface area contributed by atoms with E-state index in [1.165, 1.54) is 11.6 Å². The molecule has 7 nitrogen and oxygen atoms in total. The summed E-state index contributed by atoms with van der Waals surface area (Å²) in [7, 11) is 3.06. The zero-order valence-corrected chi connectivity index (χ0v) is 19.2. The second-order valence-corrected chi connectivity index (χ2v) is 8.00. The van der Waals surface area contributed by atoms with E-state index in [1.54, 1.807) is 14.0 Å². The molecule has 1 aliphatic rings. The van der Waals surface area contributed by atoms with E-state index in [2.05, 4.69) is 12.2 Å². The Balaban J connectivity index is 2.11. The van der Waals surface area contributed by atoms with Crippen LogP contribution in [0.15, 0.2) is 69.8 Å². The van der Waals surface area contributed by atoms with Gasteiger partial charge in [0.1, 0.15) is 5.82 Å². The first-order chi connectivity index (χ1) is 15.9. The smallest absolute Gasteiger partial charge is 0.337 e. The van der Waals surface area contributed by atoms with Crippen LogP contribution >= 0.6 is 0 Å². The molecule has 170 valence electrons. The van der Waals surface area contributed by atoms with Crippen molar-refractivity contribution in [1.29, 1.82) is 0 Å². The number of fused-ring (bicyclic) bond motifs is 1. The lowest BCUT2D eigenvalue weighted by atomic mass is 9.80. The van der Waals surface area contributed by atoms with Crippen LogP contribution in [-0.2, 0) is 30.0 Å². The van der Waals surface area contributed by atoms with Crippen LogP contribution < -0.4 is 16.6 Å². The minimum atomic E-state index is -0.702. The van der Waals surface area contributed by atoms with E-state index in [4.69, 9.17) is 4.74 Å². The van der Waals surface area contributed by atoms with Gasteiger partial charge in [-0.3, -0.25) is 13.9 Å². The number of aromatic nitrogens is 2. The number of benzene rings is 2. The Morgan fingerprint density at radius 2 is 1.64 bits per heavy atom. The Kier molecular flexibility index (Phi) is 6.05. The Morgan fingerprint density at radius 1 is 0.970 bits per heavy atom. The normalized spacial score (nSPS) is 15.1. The number of hydrogen-bond donors (Lipinski definition) is 1. The number of esters is 1. The van der Waals surface area contributed by atoms with Gasteiger partial charge in [0.25, 0.3) is 5.56 Å². The van der Waals surface area contributed by atoms with Crippen LogP contribution in [0.3, 0.4) is 0 Å². The van der Waals surface area contributed by atoms with Crippen LogP contribution in [0.1, 0.15) is 42.0 Å². The fraction of sp³-hybridized carbons (Fsp3) is 0.269. The summed E-state index contributed by atoms with van der Waals surface area (Å²) in [6.07, 6.45) is 0.870. The largest absolute Gasteiger partial charge is 0.463 e. The van der Waals surface area contributed by atoms with Crippen LogP contribution in [0.2, 0.25) is 0 Å². The highest BCUT2D eigenvalue weighted by Crippen LogP contribution is 2.42. The maximum Gasteiger partial charge on any atom is 0.337 e. The highest BCUT2D eigenvalue weighted by molar-refractivity contribution is 6.04. The maximum atomic E-state index is 13.4. The topological polar surface area (TPSA) is 82.3 Å². The zero-order chi connectivity index (χ0) is 23.7. The van der Waals surface area contributed by atoms with Crippen LogP contribution in [0.25, 0.3) is 5.70 Å². The molecule has 2 heterocycles. The van der Waals surface area contributed by atoms with E-state index in [1.807, 2.05) is 54.6 Å². The van der Waals surface area contributed by atoms with Crippen LogP contribution in [0.4, 0.5) is 5.82 Å². The number of carbonyl (C=O) groups is 1. The molecule has 0 saturated carbocycles. The molecule has 1 aromatic heterocycles. The Bertz CT molecular complexity index is 1350. The van der Waals surface area contributed by atoms with Gasteiger partial charge in [-0.25, -0.2) is 9.59 Å². The third-order valence-electron chi connectivity index (χ3n) is 6.07. The quantitative estimate of drug-likeness (QED) is 0.610. The number of rotatable bonds is 5. The van der Waals surface area contributed by atoms with Gasteiger partial charge in [0, 0.05) is 14.1 Å². The predicted octanol–water partition coefficient (Wildman–Crippen LogP) is 3.18. The fourth-order valence-electron chi connectivity index (χ4n) is 4.30. The van der Waals surface area contributed by atoms with E-state index in [9.17, 15) is 14.4 Å². The lowest BCUT2D eigenvalue weighted by Gasteiger charge is -2.32. The van der Waals surface area contributed by atoms with Gasteiger partial charge < -0.3 is 10.1 Å². The second kappa shape index (κ2) is 8.94. The van der Waals surface area contributed by atoms with Gasteiger partial charge in [-0.1, -0.05) is 61.5 Å². The summed E-state index contributed by atoms with van der Waals surface area (Å²) in [4.78, 5) is 39.5. The Labute approximate surface area is 192 Å². The molecule has 3 aromatic rings. The summed E-state index contributed by atoms with van der Waals surface area (Å²) in [5.74, 6) is -0.832. The number of anilines is 1. The minimum Gasteiger partial charge on any atom is -0.463 e. The summed E-state index contributed by atoms with van der Waals surface area (Å²) in [6.45, 7) is 4.01. The number of nitrogens with zero attached hydrogens (tertiary/aromatic N) is 2. The average molecular weight is 446 g/mol. The van der Waals surface area contributed by atoms with Crippen molar-refractivity contribution in [3.8, 4) is 0 Å². The first-order valence-electron chi connectivity index (χ1n) is 11.0. The van der Waals surface area contributed by atoms with Crippen LogP contribution in [0.5, 0.6) is 0 Å². The van der Waals surface area contributed by atoms with Crippen molar-refractivity contribution >= 4 is 17.5 Å². The molecule has 0 saturated heterocycles. The van der Waals surface area contributed by atoms with Crippen molar-refractivity contribution in [2.24, 2.45) is 14.1 Å². The van der Waals surface area contributed by atoms with Crippen LogP contribution in [0, 0.1) is 0 Å². The SMILES string of the molecule is CCOC(=O)C1=C(c2ccccc2)Nc2c(c(=O)n(C)c(=O)n2C)C1c1ccc(CC)cc1. The van der Waals surface area contributed by atoms with Gasteiger partial charge in [0.05, 0.1) is 29.4 Å². The van der Waals surface area contributed by atoms with Gasteiger partial charge >= 0.3 is 11.7 Å². The molecular formula is C26H27N3O4. The molecule has 0 fully saturated rings. The molecule has 1 atom stereocenters. The molecule has 7 heteroatoms. The summed E-state index contributed by atoms with van der Waals surface area (Å²) < 4.78 is 7.94. The standard InChI is InChI=1S/C26H27N3O4/c1-5-16-12-14-17(15-13-16)19-20(25(31)33-6-2)22(18-10-8-7-9-11-18)27-23-21(19)24(30)29(4)26(32)28(23)3/h7-15,19,27H,5-6H2,1-4H3. The summed E-state index contributed by atoms with van der Waals surface area (Å²) >= 11 is 0. The number of nitrogens with one attached hydrogen (secondary N) is 1. The first-order valence-corrected chi connectivity index (χ1v) is 11.0. The summed E-state index contributed by atoms with van der Waals surface area (Å²) in [5.41, 5.74) is 3.00. The summed E-state index contributed by atoms with van der Waals surface area (Å²) in [5, 5.41) is 3.23. The van der Waals surface area contributed by atoms with Gasteiger partial charge in [0.2, 0.25) is 0 Å². The van der Waals surface area contributed by atoms with Crippen molar-refractivity contribution in [2.75, 3.05) is 11.9 Å². The maximum absolute atomic E-state index is 13.4.